The van der Waals surface area contributed by atoms with Crippen LogP contribution >= 0.6 is 11.8 Å². The molecule has 4 rings (SSSR count). The zero-order valence-electron chi connectivity index (χ0n) is 18.2. The number of benzene rings is 2. The number of rotatable bonds is 8. The van der Waals surface area contributed by atoms with E-state index >= 15 is 0 Å². The largest absolute Gasteiger partial charge is 0.497 e. The predicted octanol–water partition coefficient (Wildman–Crippen LogP) is 4.25. The molecule has 2 aromatic carbocycles. The Labute approximate surface area is 194 Å². The molecule has 33 heavy (non-hydrogen) atoms. The number of aryl methyl sites for hydroxylation is 1. The third-order valence-electron chi connectivity index (χ3n) is 4.62. The number of hydrogen-bond acceptors (Lipinski definition) is 9. The standard InChI is InChI=1S/C23H21N5O4S/c1-14-12-19(28-32-14)24-20(29)13-33-23-25-21(15-4-8-17(30-2)9-5-15)22(26-27-23)16-6-10-18(31-3)11-7-16/h4-12H,13H2,1-3H3,(H,24,28,29). The molecule has 0 saturated carbocycles. The minimum Gasteiger partial charge on any atom is -0.497 e. The maximum Gasteiger partial charge on any atom is 0.236 e. The second-order valence-electron chi connectivity index (χ2n) is 6.91. The SMILES string of the molecule is COc1ccc(-c2nnc(SCC(=O)Nc3cc(C)on3)nc2-c2ccc(OC)cc2)cc1. The van der Waals surface area contributed by atoms with Gasteiger partial charge in [0.15, 0.2) is 5.82 Å². The Bertz CT molecular complexity index is 1240. The van der Waals surface area contributed by atoms with E-state index in [2.05, 4.69) is 20.7 Å². The van der Waals surface area contributed by atoms with Crippen LogP contribution < -0.4 is 14.8 Å². The Morgan fingerprint density at radius 3 is 2.09 bits per heavy atom. The summed E-state index contributed by atoms with van der Waals surface area (Å²) in [6.07, 6.45) is 0. The molecule has 0 unspecified atom stereocenters. The van der Waals surface area contributed by atoms with Crippen LogP contribution in [0.3, 0.4) is 0 Å². The van der Waals surface area contributed by atoms with Gasteiger partial charge in [-0.05, 0) is 55.5 Å². The molecule has 0 aliphatic carbocycles. The number of aromatic nitrogens is 4. The van der Waals surface area contributed by atoms with E-state index in [0.717, 1.165) is 22.6 Å². The number of carbonyl (C=O) groups is 1. The van der Waals surface area contributed by atoms with Crippen molar-refractivity contribution < 1.29 is 18.8 Å². The summed E-state index contributed by atoms with van der Waals surface area (Å²) < 4.78 is 15.5. The first-order valence-electron chi connectivity index (χ1n) is 9.95. The lowest BCUT2D eigenvalue weighted by Crippen LogP contribution is -2.14. The van der Waals surface area contributed by atoms with Gasteiger partial charge in [-0.1, -0.05) is 16.9 Å². The number of anilines is 1. The van der Waals surface area contributed by atoms with Gasteiger partial charge in [0.25, 0.3) is 0 Å². The van der Waals surface area contributed by atoms with E-state index in [0.29, 0.717) is 28.1 Å². The van der Waals surface area contributed by atoms with Crippen molar-refractivity contribution in [3.8, 4) is 34.0 Å². The van der Waals surface area contributed by atoms with Crippen molar-refractivity contribution in [3.63, 3.8) is 0 Å². The number of nitrogens with zero attached hydrogens (tertiary/aromatic N) is 4. The molecule has 4 aromatic rings. The summed E-state index contributed by atoms with van der Waals surface area (Å²) in [5, 5.41) is 15.5. The van der Waals surface area contributed by atoms with Crippen molar-refractivity contribution >= 4 is 23.5 Å². The maximum atomic E-state index is 12.3. The second-order valence-corrected chi connectivity index (χ2v) is 7.85. The summed E-state index contributed by atoms with van der Waals surface area (Å²) in [5.41, 5.74) is 2.96. The number of hydrogen-bond donors (Lipinski definition) is 1. The molecule has 2 heterocycles. The first kappa shape index (κ1) is 22.3. The highest BCUT2D eigenvalue weighted by molar-refractivity contribution is 7.99. The molecule has 0 radical (unpaired) electrons. The quantitative estimate of drug-likeness (QED) is 0.383. The lowest BCUT2D eigenvalue weighted by molar-refractivity contribution is -0.113. The molecule has 10 heteroatoms. The lowest BCUT2D eigenvalue weighted by Gasteiger charge is -2.10. The first-order valence-corrected chi connectivity index (χ1v) is 10.9. The van der Waals surface area contributed by atoms with Crippen LogP contribution in [0.5, 0.6) is 11.5 Å². The van der Waals surface area contributed by atoms with E-state index in [1.807, 2.05) is 48.5 Å². The van der Waals surface area contributed by atoms with E-state index in [-0.39, 0.29) is 11.7 Å². The summed E-state index contributed by atoms with van der Waals surface area (Å²) in [6, 6.07) is 16.7. The van der Waals surface area contributed by atoms with E-state index in [1.54, 1.807) is 27.2 Å². The van der Waals surface area contributed by atoms with Crippen molar-refractivity contribution in [2.75, 3.05) is 25.3 Å². The Kier molecular flexibility index (Phi) is 6.84. The van der Waals surface area contributed by atoms with Crippen LogP contribution in [0.4, 0.5) is 5.82 Å². The molecule has 1 N–H and O–H groups in total. The molecule has 2 aromatic heterocycles. The zero-order chi connectivity index (χ0) is 23.2. The van der Waals surface area contributed by atoms with E-state index in [4.69, 9.17) is 19.0 Å². The summed E-state index contributed by atoms with van der Waals surface area (Å²) >= 11 is 1.18. The van der Waals surface area contributed by atoms with Crippen molar-refractivity contribution in [1.82, 2.24) is 20.3 Å². The van der Waals surface area contributed by atoms with Crippen LogP contribution in [0.1, 0.15) is 5.76 Å². The summed E-state index contributed by atoms with van der Waals surface area (Å²) in [6.45, 7) is 1.75. The van der Waals surface area contributed by atoms with Gasteiger partial charge in [-0.3, -0.25) is 4.79 Å². The summed E-state index contributed by atoms with van der Waals surface area (Å²) in [4.78, 5) is 17.0. The van der Waals surface area contributed by atoms with Gasteiger partial charge in [0.05, 0.1) is 20.0 Å². The van der Waals surface area contributed by atoms with Crippen LogP contribution in [0.25, 0.3) is 22.5 Å². The molecule has 0 aliphatic heterocycles. The van der Waals surface area contributed by atoms with Gasteiger partial charge in [0, 0.05) is 17.2 Å². The fourth-order valence-corrected chi connectivity index (χ4v) is 3.59. The molecular weight excluding hydrogens is 442 g/mol. The summed E-state index contributed by atoms with van der Waals surface area (Å²) in [5.74, 6) is 2.31. The minimum atomic E-state index is -0.248. The average molecular weight is 464 g/mol. The monoisotopic (exact) mass is 463 g/mol. The summed E-state index contributed by atoms with van der Waals surface area (Å²) in [7, 11) is 3.23. The number of ether oxygens (including phenoxy) is 2. The number of amides is 1. The predicted molar refractivity (Wildman–Crippen MR) is 124 cm³/mol. The van der Waals surface area contributed by atoms with Gasteiger partial charge in [-0.15, -0.1) is 10.2 Å². The molecule has 0 bridgehead atoms. The minimum absolute atomic E-state index is 0.0948. The van der Waals surface area contributed by atoms with Crippen LogP contribution in [-0.4, -0.2) is 46.2 Å². The molecular formula is C23H21N5O4S. The van der Waals surface area contributed by atoms with Crippen molar-refractivity contribution in [2.45, 2.75) is 12.1 Å². The number of nitrogens with one attached hydrogen (secondary N) is 1. The van der Waals surface area contributed by atoms with Crippen molar-refractivity contribution in [1.29, 1.82) is 0 Å². The Morgan fingerprint density at radius 2 is 1.55 bits per heavy atom. The topological polar surface area (TPSA) is 112 Å². The van der Waals surface area contributed by atoms with Crippen LogP contribution in [0.2, 0.25) is 0 Å². The van der Waals surface area contributed by atoms with Gasteiger partial charge in [0.1, 0.15) is 28.6 Å². The van der Waals surface area contributed by atoms with Crippen molar-refractivity contribution in [2.24, 2.45) is 0 Å². The van der Waals surface area contributed by atoms with Crippen molar-refractivity contribution in [3.05, 3.63) is 60.4 Å². The fourth-order valence-electron chi connectivity index (χ4n) is 3.00. The van der Waals surface area contributed by atoms with E-state index < -0.39 is 0 Å². The molecule has 0 saturated heterocycles. The third kappa shape index (κ3) is 5.47. The third-order valence-corrected chi connectivity index (χ3v) is 5.46. The normalized spacial score (nSPS) is 10.6. The molecule has 0 atom stereocenters. The Balaban J connectivity index is 1.60. The van der Waals surface area contributed by atoms with Gasteiger partial charge >= 0.3 is 0 Å². The second kappa shape index (κ2) is 10.1. The van der Waals surface area contributed by atoms with Crippen LogP contribution in [-0.2, 0) is 4.79 Å². The lowest BCUT2D eigenvalue weighted by atomic mass is 10.0. The average Bonchev–Trinajstić information content (AvgIpc) is 3.27. The Hall–Kier alpha value is -3.92. The van der Waals surface area contributed by atoms with Crippen LogP contribution in [0.15, 0.2) is 64.3 Å². The zero-order valence-corrected chi connectivity index (χ0v) is 19.0. The molecule has 168 valence electrons. The highest BCUT2D eigenvalue weighted by Crippen LogP contribution is 2.31. The number of methoxy groups -OCH3 is 2. The van der Waals surface area contributed by atoms with Gasteiger partial charge in [-0.2, -0.15) is 0 Å². The molecule has 1 amide bonds. The highest BCUT2D eigenvalue weighted by atomic mass is 32.2. The molecule has 9 nitrogen and oxygen atoms in total. The van der Waals surface area contributed by atoms with E-state index in [9.17, 15) is 4.79 Å². The first-order chi connectivity index (χ1) is 16.1. The van der Waals surface area contributed by atoms with Gasteiger partial charge < -0.3 is 19.3 Å². The fraction of sp³-hybridized carbons (Fsp3) is 0.174. The van der Waals surface area contributed by atoms with Gasteiger partial charge in [-0.25, -0.2) is 4.98 Å². The molecule has 0 aliphatic rings. The molecule has 0 spiro atoms. The highest BCUT2D eigenvalue weighted by Gasteiger charge is 2.16. The molecule has 0 fully saturated rings. The van der Waals surface area contributed by atoms with E-state index in [1.165, 1.54) is 11.8 Å². The van der Waals surface area contributed by atoms with Crippen LogP contribution in [0, 0.1) is 6.92 Å². The number of carbonyl (C=O) groups excluding carboxylic acids is 1. The maximum absolute atomic E-state index is 12.3. The number of thioether (sulfide) groups is 1. The smallest absolute Gasteiger partial charge is 0.236 e. The Morgan fingerprint density at radius 1 is 0.939 bits per heavy atom. The van der Waals surface area contributed by atoms with Gasteiger partial charge in [0.2, 0.25) is 11.1 Å².